The van der Waals surface area contributed by atoms with Crippen LogP contribution in [-0.2, 0) is 14.3 Å². The quantitative estimate of drug-likeness (QED) is 0.730. The van der Waals surface area contributed by atoms with E-state index < -0.39 is 12.0 Å². The predicted octanol–water partition coefficient (Wildman–Crippen LogP) is 1.03. The molecule has 21 heavy (non-hydrogen) atoms. The first-order valence-corrected chi connectivity index (χ1v) is 6.23. The molecule has 0 radical (unpaired) electrons. The van der Waals surface area contributed by atoms with Crippen LogP contribution in [0.3, 0.4) is 0 Å². The maximum absolute atomic E-state index is 11.7. The molecule has 0 bridgehead atoms. The van der Waals surface area contributed by atoms with E-state index in [1.807, 2.05) is 0 Å². The molecule has 0 N–H and O–H groups in total. The van der Waals surface area contributed by atoms with Crippen molar-refractivity contribution >= 4 is 11.9 Å². The van der Waals surface area contributed by atoms with E-state index in [0.717, 1.165) is 0 Å². The summed E-state index contributed by atoms with van der Waals surface area (Å²) in [5.74, 6) is 1.14. The third-order valence-corrected chi connectivity index (χ3v) is 2.98. The largest absolute Gasteiger partial charge is 0.493 e. The van der Waals surface area contributed by atoms with Gasteiger partial charge in [0.1, 0.15) is 0 Å². The van der Waals surface area contributed by atoms with Crippen molar-refractivity contribution < 1.29 is 28.5 Å². The zero-order chi connectivity index (χ0) is 15.4. The van der Waals surface area contributed by atoms with E-state index in [-0.39, 0.29) is 12.5 Å². The van der Waals surface area contributed by atoms with Crippen molar-refractivity contribution in [3.05, 3.63) is 17.7 Å². The molecule has 0 saturated heterocycles. The fourth-order valence-corrected chi connectivity index (χ4v) is 1.99. The Balaban J connectivity index is 2.41. The van der Waals surface area contributed by atoms with Crippen LogP contribution in [0.1, 0.15) is 5.56 Å². The highest BCUT2D eigenvalue weighted by atomic mass is 16.6. The lowest BCUT2D eigenvalue weighted by molar-refractivity contribution is -0.135. The van der Waals surface area contributed by atoms with Crippen molar-refractivity contribution in [2.24, 2.45) is 4.99 Å². The highest BCUT2D eigenvalue weighted by Gasteiger charge is 2.30. The summed E-state index contributed by atoms with van der Waals surface area (Å²) in [5.41, 5.74) is 0.566. The highest BCUT2D eigenvalue weighted by molar-refractivity contribution is 6.06. The van der Waals surface area contributed by atoms with Gasteiger partial charge in [-0.15, -0.1) is 0 Å². The minimum Gasteiger partial charge on any atom is -0.493 e. The van der Waals surface area contributed by atoms with Crippen LogP contribution in [0.15, 0.2) is 17.1 Å². The van der Waals surface area contributed by atoms with E-state index in [0.29, 0.717) is 22.8 Å². The van der Waals surface area contributed by atoms with Gasteiger partial charge in [0.05, 0.1) is 27.9 Å². The fraction of sp³-hybridized carbons (Fsp3) is 0.429. The van der Waals surface area contributed by atoms with Crippen LogP contribution in [-0.4, -0.2) is 53.0 Å². The number of hydrogen-bond acceptors (Lipinski definition) is 7. The van der Waals surface area contributed by atoms with Crippen molar-refractivity contribution in [2.75, 3.05) is 35.0 Å². The molecule has 114 valence electrons. The molecule has 0 fully saturated rings. The summed E-state index contributed by atoms with van der Waals surface area (Å²) in [5, 5.41) is 0. The number of nitrogens with zero attached hydrogens (tertiary/aromatic N) is 1. The van der Waals surface area contributed by atoms with E-state index >= 15 is 0 Å². The normalized spacial score (nSPS) is 17.2. The number of benzene rings is 1. The van der Waals surface area contributed by atoms with Crippen LogP contribution in [0.5, 0.6) is 17.2 Å². The molecule has 0 aromatic heterocycles. The fourth-order valence-electron chi connectivity index (χ4n) is 1.99. The molecular formula is C14H17NO6. The van der Waals surface area contributed by atoms with Crippen molar-refractivity contribution in [1.29, 1.82) is 0 Å². The van der Waals surface area contributed by atoms with E-state index in [2.05, 4.69) is 4.99 Å². The molecule has 1 aliphatic heterocycles. The smallest absolute Gasteiger partial charge is 0.340 e. The molecular weight excluding hydrogens is 278 g/mol. The summed E-state index contributed by atoms with van der Waals surface area (Å²) in [6.45, 7) is 0.173. The van der Waals surface area contributed by atoms with Gasteiger partial charge in [-0.3, -0.25) is 0 Å². The van der Waals surface area contributed by atoms with Crippen LogP contribution in [0.2, 0.25) is 0 Å². The van der Waals surface area contributed by atoms with Gasteiger partial charge in [0.2, 0.25) is 11.6 Å². The van der Waals surface area contributed by atoms with Crippen LogP contribution >= 0.6 is 0 Å². The van der Waals surface area contributed by atoms with Gasteiger partial charge in [-0.1, -0.05) is 0 Å². The number of cyclic esters (lactones) is 1. The Hall–Kier alpha value is -2.28. The number of aliphatic imine (C=N–C) groups is 1. The molecule has 1 aromatic rings. The zero-order valence-electron chi connectivity index (χ0n) is 12.3. The number of carbonyl (C=O) groups excluding carboxylic acids is 1. The van der Waals surface area contributed by atoms with E-state index in [9.17, 15) is 4.79 Å². The van der Waals surface area contributed by atoms with Crippen LogP contribution < -0.4 is 14.2 Å². The summed E-state index contributed by atoms with van der Waals surface area (Å²) in [6.07, 6.45) is 0. The minimum absolute atomic E-state index is 0.173. The summed E-state index contributed by atoms with van der Waals surface area (Å²) >= 11 is 0. The van der Waals surface area contributed by atoms with Gasteiger partial charge in [0.15, 0.2) is 17.5 Å². The molecule has 1 atom stereocenters. The van der Waals surface area contributed by atoms with Crippen molar-refractivity contribution in [1.82, 2.24) is 0 Å². The van der Waals surface area contributed by atoms with Gasteiger partial charge in [-0.25, -0.2) is 9.79 Å². The Morgan fingerprint density at radius 1 is 1.10 bits per heavy atom. The van der Waals surface area contributed by atoms with Gasteiger partial charge in [-0.2, -0.15) is 0 Å². The lowest BCUT2D eigenvalue weighted by atomic mass is 10.1. The maximum atomic E-state index is 11.7. The highest BCUT2D eigenvalue weighted by Crippen LogP contribution is 2.38. The molecule has 1 aromatic carbocycles. The number of carbonyl (C=O) groups is 1. The first-order valence-electron chi connectivity index (χ1n) is 6.23. The Kier molecular flexibility index (Phi) is 4.64. The maximum Gasteiger partial charge on any atom is 0.340 e. The Morgan fingerprint density at radius 2 is 1.71 bits per heavy atom. The summed E-state index contributed by atoms with van der Waals surface area (Å²) in [4.78, 5) is 15.9. The van der Waals surface area contributed by atoms with Gasteiger partial charge < -0.3 is 23.7 Å². The topological polar surface area (TPSA) is 75.6 Å². The van der Waals surface area contributed by atoms with Crippen molar-refractivity contribution in [3.8, 4) is 17.2 Å². The Bertz CT molecular complexity index is 544. The van der Waals surface area contributed by atoms with Crippen molar-refractivity contribution in [2.45, 2.75) is 6.04 Å². The summed E-state index contributed by atoms with van der Waals surface area (Å²) < 4.78 is 25.8. The first-order chi connectivity index (χ1) is 10.1. The Labute approximate surface area is 122 Å². The zero-order valence-corrected chi connectivity index (χ0v) is 12.3. The van der Waals surface area contributed by atoms with Gasteiger partial charge in [-0.05, 0) is 12.1 Å². The molecule has 1 heterocycles. The summed E-state index contributed by atoms with van der Waals surface area (Å²) in [7, 11) is 6.04. The van der Waals surface area contributed by atoms with Crippen molar-refractivity contribution in [3.63, 3.8) is 0 Å². The second-order valence-electron chi connectivity index (χ2n) is 4.24. The SMILES string of the molecule is COCC1N=C(c2cc(OC)c(OC)c(OC)c2)OC1=O. The van der Waals surface area contributed by atoms with Crippen LogP contribution in [0, 0.1) is 0 Å². The molecule has 0 spiro atoms. The predicted molar refractivity (Wildman–Crippen MR) is 74.4 cm³/mol. The average Bonchev–Trinajstić information content (AvgIpc) is 2.87. The lowest BCUT2D eigenvalue weighted by Gasteiger charge is -2.13. The number of methoxy groups -OCH3 is 4. The lowest BCUT2D eigenvalue weighted by Crippen LogP contribution is -2.20. The molecule has 0 aliphatic carbocycles. The second kappa shape index (κ2) is 6.45. The standard InChI is InChI=1S/C14H17NO6/c1-17-7-9-14(16)21-13(15-9)8-5-10(18-2)12(20-4)11(6-8)19-3/h5-6,9H,7H2,1-4H3. The van der Waals surface area contributed by atoms with Gasteiger partial charge in [0, 0.05) is 12.7 Å². The van der Waals surface area contributed by atoms with E-state index in [1.165, 1.54) is 28.4 Å². The molecule has 7 nitrogen and oxygen atoms in total. The minimum atomic E-state index is -0.649. The number of hydrogen-bond donors (Lipinski definition) is 0. The second-order valence-corrected chi connectivity index (χ2v) is 4.24. The average molecular weight is 295 g/mol. The number of rotatable bonds is 6. The molecule has 7 heteroatoms. The number of ether oxygens (including phenoxy) is 5. The Morgan fingerprint density at radius 3 is 2.19 bits per heavy atom. The molecule has 0 saturated carbocycles. The summed E-state index contributed by atoms with van der Waals surface area (Å²) in [6, 6.07) is 2.69. The molecule has 1 aliphatic rings. The third kappa shape index (κ3) is 2.92. The molecule has 0 amide bonds. The molecule has 2 rings (SSSR count). The first kappa shape index (κ1) is 15.1. The van der Waals surface area contributed by atoms with Crippen LogP contribution in [0.25, 0.3) is 0 Å². The van der Waals surface area contributed by atoms with Crippen LogP contribution in [0.4, 0.5) is 0 Å². The monoisotopic (exact) mass is 295 g/mol. The van der Waals surface area contributed by atoms with Gasteiger partial charge >= 0.3 is 5.97 Å². The van der Waals surface area contributed by atoms with E-state index in [4.69, 9.17) is 23.7 Å². The molecule has 1 unspecified atom stereocenters. The van der Waals surface area contributed by atoms with E-state index in [1.54, 1.807) is 12.1 Å². The van der Waals surface area contributed by atoms with Gasteiger partial charge in [0.25, 0.3) is 0 Å². The number of esters is 1. The third-order valence-electron chi connectivity index (χ3n) is 2.98.